The van der Waals surface area contributed by atoms with E-state index in [9.17, 15) is 4.79 Å². The van der Waals surface area contributed by atoms with Gasteiger partial charge in [-0.25, -0.2) is 4.99 Å². The molecule has 1 saturated heterocycles. The largest absolute Gasteiger partial charge is 0.357 e. The molecule has 132 valence electrons. The van der Waals surface area contributed by atoms with Crippen molar-refractivity contribution in [1.29, 1.82) is 0 Å². The van der Waals surface area contributed by atoms with Crippen molar-refractivity contribution in [3.8, 4) is 0 Å². The van der Waals surface area contributed by atoms with Gasteiger partial charge in [-0.1, -0.05) is 38.1 Å². The lowest BCUT2D eigenvalue weighted by Crippen LogP contribution is -2.39. The van der Waals surface area contributed by atoms with Crippen molar-refractivity contribution in [1.82, 2.24) is 15.5 Å². The van der Waals surface area contributed by atoms with Gasteiger partial charge in [0, 0.05) is 32.6 Å². The standard InChI is InChI=1S/C19H30N4O/c1-4-20-19(21-12-15(2)3)22-13-16-7-9-17(10-8-16)14-23-11-5-6-18(23)24/h7-10,15H,4-6,11-14H2,1-3H3,(H2,20,21,22). The Labute approximate surface area is 145 Å². The van der Waals surface area contributed by atoms with Gasteiger partial charge in [-0.3, -0.25) is 4.79 Å². The molecular formula is C19H30N4O. The summed E-state index contributed by atoms with van der Waals surface area (Å²) in [4.78, 5) is 18.3. The lowest BCUT2D eigenvalue weighted by Gasteiger charge is -2.15. The molecule has 0 aliphatic carbocycles. The van der Waals surface area contributed by atoms with Crippen molar-refractivity contribution in [2.75, 3.05) is 19.6 Å². The molecule has 1 aromatic carbocycles. The van der Waals surface area contributed by atoms with Crippen LogP contribution in [0.5, 0.6) is 0 Å². The van der Waals surface area contributed by atoms with Crippen LogP contribution in [0.25, 0.3) is 0 Å². The van der Waals surface area contributed by atoms with Crippen LogP contribution in [0.15, 0.2) is 29.3 Å². The zero-order valence-electron chi connectivity index (χ0n) is 15.1. The van der Waals surface area contributed by atoms with Crippen LogP contribution >= 0.6 is 0 Å². The summed E-state index contributed by atoms with van der Waals surface area (Å²) < 4.78 is 0. The normalized spacial score (nSPS) is 15.2. The molecular weight excluding hydrogens is 300 g/mol. The second-order valence-electron chi connectivity index (χ2n) is 6.71. The number of amides is 1. The van der Waals surface area contributed by atoms with E-state index in [0.29, 0.717) is 18.9 Å². The van der Waals surface area contributed by atoms with Crippen molar-refractivity contribution >= 4 is 11.9 Å². The van der Waals surface area contributed by atoms with Crippen LogP contribution in [0.2, 0.25) is 0 Å². The van der Waals surface area contributed by atoms with E-state index >= 15 is 0 Å². The van der Waals surface area contributed by atoms with Crippen LogP contribution in [-0.2, 0) is 17.9 Å². The molecule has 24 heavy (non-hydrogen) atoms. The molecule has 0 unspecified atom stereocenters. The summed E-state index contributed by atoms with van der Waals surface area (Å²) in [6.45, 7) is 10.5. The molecule has 5 nitrogen and oxygen atoms in total. The van der Waals surface area contributed by atoms with Crippen molar-refractivity contribution < 1.29 is 4.79 Å². The number of hydrogen-bond acceptors (Lipinski definition) is 2. The third-order valence-electron chi connectivity index (χ3n) is 4.01. The average molecular weight is 330 g/mol. The number of benzene rings is 1. The first-order valence-electron chi connectivity index (χ1n) is 8.96. The number of carbonyl (C=O) groups is 1. The van der Waals surface area contributed by atoms with Gasteiger partial charge in [0.15, 0.2) is 5.96 Å². The zero-order chi connectivity index (χ0) is 17.4. The molecule has 0 atom stereocenters. The molecule has 2 rings (SSSR count). The third-order valence-corrected chi connectivity index (χ3v) is 4.01. The molecule has 0 saturated carbocycles. The van der Waals surface area contributed by atoms with Crippen LogP contribution < -0.4 is 10.6 Å². The summed E-state index contributed by atoms with van der Waals surface area (Å²) in [5, 5.41) is 6.62. The van der Waals surface area contributed by atoms with Gasteiger partial charge in [0.1, 0.15) is 0 Å². The highest BCUT2D eigenvalue weighted by molar-refractivity contribution is 5.79. The van der Waals surface area contributed by atoms with E-state index in [4.69, 9.17) is 0 Å². The fraction of sp³-hybridized carbons (Fsp3) is 0.579. The fourth-order valence-corrected chi connectivity index (χ4v) is 2.65. The molecule has 0 bridgehead atoms. The Hall–Kier alpha value is -2.04. The Balaban J connectivity index is 1.89. The van der Waals surface area contributed by atoms with Crippen molar-refractivity contribution in [3.63, 3.8) is 0 Å². The van der Waals surface area contributed by atoms with Gasteiger partial charge in [0.2, 0.25) is 5.91 Å². The number of nitrogens with zero attached hydrogens (tertiary/aromatic N) is 2. The average Bonchev–Trinajstić information content (AvgIpc) is 2.96. The van der Waals surface area contributed by atoms with Gasteiger partial charge >= 0.3 is 0 Å². The van der Waals surface area contributed by atoms with Crippen molar-refractivity contribution in [2.45, 2.75) is 46.7 Å². The minimum atomic E-state index is 0.273. The Morgan fingerprint density at radius 2 is 1.92 bits per heavy atom. The SMILES string of the molecule is CCNC(=NCc1ccc(CN2CCCC2=O)cc1)NCC(C)C. The maximum Gasteiger partial charge on any atom is 0.222 e. The van der Waals surface area contributed by atoms with Crippen LogP contribution in [-0.4, -0.2) is 36.4 Å². The second-order valence-corrected chi connectivity index (χ2v) is 6.71. The van der Waals surface area contributed by atoms with Crippen LogP contribution in [0, 0.1) is 5.92 Å². The number of likely N-dealkylation sites (tertiary alicyclic amines) is 1. The van der Waals surface area contributed by atoms with Crippen LogP contribution in [0.4, 0.5) is 0 Å². The Morgan fingerprint density at radius 1 is 1.21 bits per heavy atom. The lowest BCUT2D eigenvalue weighted by atomic mass is 10.1. The van der Waals surface area contributed by atoms with Gasteiger partial charge < -0.3 is 15.5 Å². The first-order chi connectivity index (χ1) is 11.6. The first-order valence-corrected chi connectivity index (χ1v) is 8.96. The summed E-state index contributed by atoms with van der Waals surface area (Å²) >= 11 is 0. The molecule has 1 aliphatic heterocycles. The monoisotopic (exact) mass is 330 g/mol. The van der Waals surface area contributed by atoms with Gasteiger partial charge in [0.05, 0.1) is 6.54 Å². The maximum absolute atomic E-state index is 11.7. The molecule has 1 amide bonds. The zero-order valence-corrected chi connectivity index (χ0v) is 15.1. The van der Waals surface area contributed by atoms with Crippen molar-refractivity contribution in [2.24, 2.45) is 10.9 Å². The summed E-state index contributed by atoms with van der Waals surface area (Å²) in [7, 11) is 0. The molecule has 0 radical (unpaired) electrons. The third kappa shape index (κ3) is 5.87. The van der Waals surface area contributed by atoms with E-state index < -0.39 is 0 Å². The Morgan fingerprint density at radius 3 is 2.50 bits per heavy atom. The summed E-state index contributed by atoms with van der Waals surface area (Å²) in [6, 6.07) is 8.41. The van der Waals surface area contributed by atoms with E-state index in [1.165, 1.54) is 11.1 Å². The Bertz CT molecular complexity index is 551. The topological polar surface area (TPSA) is 56.7 Å². The number of hydrogen-bond donors (Lipinski definition) is 2. The van der Waals surface area contributed by atoms with Gasteiger partial charge in [-0.05, 0) is 30.4 Å². The van der Waals surface area contributed by atoms with Crippen LogP contribution in [0.1, 0.15) is 44.7 Å². The summed E-state index contributed by atoms with van der Waals surface area (Å²) in [6.07, 6.45) is 1.69. The highest BCUT2D eigenvalue weighted by Crippen LogP contribution is 2.15. The predicted octanol–water partition coefficient (Wildman–Crippen LogP) is 2.52. The maximum atomic E-state index is 11.7. The van der Waals surface area contributed by atoms with Gasteiger partial charge in [-0.2, -0.15) is 0 Å². The quantitative estimate of drug-likeness (QED) is 0.597. The van der Waals surface area contributed by atoms with Gasteiger partial charge in [-0.15, -0.1) is 0 Å². The Kier molecular flexibility index (Phi) is 7.09. The van der Waals surface area contributed by atoms with Gasteiger partial charge in [0.25, 0.3) is 0 Å². The van der Waals surface area contributed by atoms with E-state index in [1.807, 2.05) is 4.90 Å². The molecule has 1 heterocycles. The number of nitrogens with one attached hydrogen (secondary N) is 2. The minimum Gasteiger partial charge on any atom is -0.357 e. The highest BCUT2D eigenvalue weighted by Gasteiger charge is 2.19. The van der Waals surface area contributed by atoms with E-state index in [-0.39, 0.29) is 5.91 Å². The first kappa shape index (κ1) is 18.3. The highest BCUT2D eigenvalue weighted by atomic mass is 16.2. The lowest BCUT2D eigenvalue weighted by molar-refractivity contribution is -0.128. The predicted molar refractivity (Wildman–Crippen MR) is 98.7 cm³/mol. The number of guanidine groups is 1. The van der Waals surface area contributed by atoms with E-state index in [0.717, 1.165) is 38.6 Å². The number of rotatable bonds is 7. The molecule has 1 aliphatic rings. The van der Waals surface area contributed by atoms with Crippen molar-refractivity contribution in [3.05, 3.63) is 35.4 Å². The second kappa shape index (κ2) is 9.30. The van der Waals surface area contributed by atoms with Crippen LogP contribution in [0.3, 0.4) is 0 Å². The number of carbonyl (C=O) groups excluding carboxylic acids is 1. The van der Waals surface area contributed by atoms with E-state index in [2.05, 4.69) is 60.7 Å². The molecule has 5 heteroatoms. The van der Waals surface area contributed by atoms with E-state index in [1.54, 1.807) is 0 Å². The molecule has 1 fully saturated rings. The number of aliphatic imine (C=N–C) groups is 1. The summed E-state index contributed by atoms with van der Waals surface area (Å²) in [5.41, 5.74) is 2.36. The minimum absolute atomic E-state index is 0.273. The molecule has 0 spiro atoms. The smallest absolute Gasteiger partial charge is 0.222 e. The molecule has 2 N–H and O–H groups in total. The molecule has 1 aromatic rings. The fourth-order valence-electron chi connectivity index (χ4n) is 2.65. The molecule has 0 aromatic heterocycles. The summed E-state index contributed by atoms with van der Waals surface area (Å²) in [5.74, 6) is 1.72.